The lowest BCUT2D eigenvalue weighted by atomic mass is 10.3. The van der Waals surface area contributed by atoms with Crippen LogP contribution in [0.1, 0.15) is 12.8 Å². The lowest BCUT2D eigenvalue weighted by Crippen LogP contribution is -2.29. The summed E-state index contributed by atoms with van der Waals surface area (Å²) in [6.45, 7) is 0.369. The quantitative estimate of drug-likeness (QED) is 0.876. The van der Waals surface area contributed by atoms with Crippen molar-refractivity contribution < 1.29 is 9.53 Å². The van der Waals surface area contributed by atoms with E-state index in [4.69, 9.17) is 4.74 Å². The molecular weight excluding hydrogens is 284 g/mol. The van der Waals surface area contributed by atoms with Crippen LogP contribution in [0, 0.1) is 0 Å². The van der Waals surface area contributed by atoms with Gasteiger partial charge in [0.25, 0.3) is 0 Å². The molecule has 1 aromatic carbocycles. The number of carbonyl (C=O) groups excluding carboxylic acids is 1. The van der Waals surface area contributed by atoms with Gasteiger partial charge in [-0.25, -0.2) is 0 Å². The van der Waals surface area contributed by atoms with Crippen LogP contribution >= 0.6 is 15.9 Å². The molecule has 92 valence electrons. The molecule has 0 aliphatic heterocycles. The topological polar surface area (TPSA) is 50.4 Å². The molecule has 0 atom stereocenters. The molecule has 0 spiro atoms. The first kappa shape index (κ1) is 12.4. The third kappa shape index (κ3) is 3.71. The van der Waals surface area contributed by atoms with E-state index in [1.165, 1.54) is 12.8 Å². The van der Waals surface area contributed by atoms with E-state index < -0.39 is 0 Å². The van der Waals surface area contributed by atoms with Crippen molar-refractivity contribution in [3.8, 4) is 5.75 Å². The minimum Gasteiger partial charge on any atom is -0.496 e. The van der Waals surface area contributed by atoms with Crippen LogP contribution in [0.2, 0.25) is 0 Å². The van der Waals surface area contributed by atoms with E-state index in [-0.39, 0.29) is 5.91 Å². The molecule has 0 aromatic heterocycles. The van der Waals surface area contributed by atoms with Gasteiger partial charge in [-0.15, -0.1) is 0 Å². The first-order valence-corrected chi connectivity index (χ1v) is 6.35. The van der Waals surface area contributed by atoms with Crippen molar-refractivity contribution in [2.24, 2.45) is 0 Å². The molecule has 1 fully saturated rings. The molecule has 17 heavy (non-hydrogen) atoms. The molecule has 5 heteroatoms. The van der Waals surface area contributed by atoms with Crippen LogP contribution in [0.25, 0.3) is 0 Å². The van der Waals surface area contributed by atoms with Gasteiger partial charge in [0.05, 0.1) is 18.1 Å². The van der Waals surface area contributed by atoms with Crippen LogP contribution in [-0.2, 0) is 4.79 Å². The summed E-state index contributed by atoms with van der Waals surface area (Å²) in [5.41, 5.74) is 0.764. The average molecular weight is 299 g/mol. The maximum absolute atomic E-state index is 11.6. The van der Waals surface area contributed by atoms with Crippen LogP contribution in [0.15, 0.2) is 22.7 Å². The third-order valence-electron chi connectivity index (χ3n) is 2.56. The zero-order chi connectivity index (χ0) is 12.3. The van der Waals surface area contributed by atoms with Gasteiger partial charge < -0.3 is 15.4 Å². The highest BCUT2D eigenvalue weighted by molar-refractivity contribution is 9.10. The van der Waals surface area contributed by atoms with Crippen LogP contribution in [0.3, 0.4) is 0 Å². The summed E-state index contributed by atoms with van der Waals surface area (Å²) < 4.78 is 5.95. The molecule has 0 saturated heterocycles. The van der Waals surface area contributed by atoms with Gasteiger partial charge >= 0.3 is 0 Å². The number of benzene rings is 1. The van der Waals surface area contributed by atoms with E-state index in [1.54, 1.807) is 7.11 Å². The van der Waals surface area contributed by atoms with Gasteiger partial charge in [-0.1, -0.05) is 0 Å². The molecule has 0 radical (unpaired) electrons. The van der Waals surface area contributed by atoms with Crippen LogP contribution in [0.5, 0.6) is 5.75 Å². The zero-order valence-corrected chi connectivity index (χ0v) is 11.2. The Morgan fingerprint density at radius 1 is 1.53 bits per heavy atom. The normalized spacial score (nSPS) is 14.5. The fraction of sp³-hybridized carbons (Fsp3) is 0.417. The summed E-state index contributed by atoms with van der Waals surface area (Å²) in [6.07, 6.45) is 2.36. The summed E-state index contributed by atoms with van der Waals surface area (Å²) in [6, 6.07) is 6.00. The number of halogens is 1. The fourth-order valence-electron chi connectivity index (χ4n) is 1.47. The van der Waals surface area contributed by atoms with Gasteiger partial charge in [-0.3, -0.25) is 4.79 Å². The fourth-order valence-corrected chi connectivity index (χ4v) is 2.01. The molecule has 2 N–H and O–H groups in total. The predicted octanol–water partition coefficient (Wildman–Crippen LogP) is 2.15. The Morgan fingerprint density at radius 3 is 2.88 bits per heavy atom. The Kier molecular flexibility index (Phi) is 4.02. The van der Waals surface area contributed by atoms with Gasteiger partial charge in [0.1, 0.15) is 5.75 Å². The van der Waals surface area contributed by atoms with Gasteiger partial charge in [0.2, 0.25) is 5.91 Å². The van der Waals surface area contributed by atoms with Gasteiger partial charge in [0, 0.05) is 11.7 Å². The molecule has 0 unspecified atom stereocenters. The first-order chi connectivity index (χ1) is 8.19. The Bertz CT molecular complexity index is 419. The zero-order valence-electron chi connectivity index (χ0n) is 9.63. The molecule has 1 saturated carbocycles. The molecule has 1 aliphatic rings. The number of amides is 1. The monoisotopic (exact) mass is 298 g/mol. The summed E-state index contributed by atoms with van der Waals surface area (Å²) in [5.74, 6) is 0.730. The van der Waals surface area contributed by atoms with Crippen LogP contribution in [0.4, 0.5) is 5.69 Å². The Balaban J connectivity index is 1.88. The van der Waals surface area contributed by atoms with Crippen molar-refractivity contribution in [1.29, 1.82) is 0 Å². The number of hydrogen-bond donors (Lipinski definition) is 2. The molecular formula is C12H15BrN2O2. The van der Waals surface area contributed by atoms with Gasteiger partial charge in [0.15, 0.2) is 0 Å². The summed E-state index contributed by atoms with van der Waals surface area (Å²) >= 11 is 3.38. The van der Waals surface area contributed by atoms with Crippen molar-refractivity contribution in [2.75, 3.05) is 19.0 Å². The molecule has 1 aromatic rings. The van der Waals surface area contributed by atoms with E-state index in [9.17, 15) is 4.79 Å². The van der Waals surface area contributed by atoms with E-state index in [1.807, 2.05) is 18.2 Å². The second-order valence-electron chi connectivity index (χ2n) is 4.05. The molecule has 2 rings (SSSR count). The van der Waals surface area contributed by atoms with Gasteiger partial charge in [-0.05, 0) is 47.0 Å². The van der Waals surface area contributed by atoms with Crippen molar-refractivity contribution >= 4 is 27.5 Å². The highest BCUT2D eigenvalue weighted by Gasteiger charge is 2.21. The maximum Gasteiger partial charge on any atom is 0.238 e. The third-order valence-corrected chi connectivity index (χ3v) is 3.18. The summed E-state index contributed by atoms with van der Waals surface area (Å²) in [7, 11) is 1.61. The highest BCUT2D eigenvalue weighted by atomic mass is 79.9. The Hall–Kier alpha value is -1.07. The SMILES string of the molecule is COc1ccc(NC(=O)CNC2CC2)cc1Br. The molecule has 4 nitrogen and oxygen atoms in total. The predicted molar refractivity (Wildman–Crippen MR) is 70.3 cm³/mol. The van der Waals surface area contributed by atoms with Crippen LogP contribution < -0.4 is 15.4 Å². The second-order valence-corrected chi connectivity index (χ2v) is 4.91. The van der Waals surface area contributed by atoms with Gasteiger partial charge in [-0.2, -0.15) is 0 Å². The largest absolute Gasteiger partial charge is 0.496 e. The molecule has 1 amide bonds. The number of rotatable bonds is 5. The minimum absolute atomic E-state index is 0.0195. The number of nitrogens with one attached hydrogen (secondary N) is 2. The van der Waals surface area contributed by atoms with Crippen molar-refractivity contribution in [1.82, 2.24) is 5.32 Å². The molecule has 0 bridgehead atoms. The van der Waals surface area contributed by atoms with E-state index in [2.05, 4.69) is 26.6 Å². The standard InChI is InChI=1S/C12H15BrN2O2/c1-17-11-5-4-9(6-10(11)13)15-12(16)7-14-8-2-3-8/h4-6,8,14H,2-3,7H2,1H3,(H,15,16). The maximum atomic E-state index is 11.6. The van der Waals surface area contributed by atoms with E-state index in [0.717, 1.165) is 15.9 Å². The summed E-state index contributed by atoms with van der Waals surface area (Å²) in [5, 5.41) is 6.00. The highest BCUT2D eigenvalue weighted by Crippen LogP contribution is 2.27. The minimum atomic E-state index is -0.0195. The lowest BCUT2D eigenvalue weighted by Gasteiger charge is -2.08. The van der Waals surface area contributed by atoms with Crippen molar-refractivity contribution in [2.45, 2.75) is 18.9 Å². The lowest BCUT2D eigenvalue weighted by molar-refractivity contribution is -0.115. The molecule has 1 aliphatic carbocycles. The smallest absolute Gasteiger partial charge is 0.238 e. The molecule has 0 heterocycles. The van der Waals surface area contributed by atoms with Crippen molar-refractivity contribution in [3.63, 3.8) is 0 Å². The Morgan fingerprint density at radius 2 is 2.29 bits per heavy atom. The van der Waals surface area contributed by atoms with Crippen molar-refractivity contribution in [3.05, 3.63) is 22.7 Å². The van der Waals surface area contributed by atoms with Crippen LogP contribution in [-0.4, -0.2) is 25.6 Å². The number of anilines is 1. The Labute approximate surface area is 109 Å². The van der Waals surface area contributed by atoms with E-state index >= 15 is 0 Å². The average Bonchev–Trinajstić information content (AvgIpc) is 3.10. The summed E-state index contributed by atoms with van der Waals surface area (Å²) in [4.78, 5) is 11.6. The second kappa shape index (κ2) is 5.51. The number of carbonyl (C=O) groups is 1. The number of ether oxygens (including phenoxy) is 1. The first-order valence-electron chi connectivity index (χ1n) is 5.56. The number of hydrogen-bond acceptors (Lipinski definition) is 3. The number of methoxy groups -OCH3 is 1. The van der Waals surface area contributed by atoms with E-state index in [0.29, 0.717) is 12.6 Å².